The van der Waals surface area contributed by atoms with E-state index >= 15 is 0 Å². The van der Waals surface area contributed by atoms with Crippen molar-refractivity contribution in [1.29, 1.82) is 0 Å². The zero-order valence-corrected chi connectivity index (χ0v) is 8.32. The van der Waals surface area contributed by atoms with E-state index in [0.29, 0.717) is 11.8 Å². The molecule has 0 aromatic carbocycles. The quantitative estimate of drug-likeness (QED) is 0.815. The smallest absolute Gasteiger partial charge is 0.151 e. The molecule has 0 aliphatic heterocycles. The van der Waals surface area contributed by atoms with Crippen LogP contribution in [-0.4, -0.2) is 26.7 Å². The van der Waals surface area contributed by atoms with E-state index in [1.165, 1.54) is 0 Å². The van der Waals surface area contributed by atoms with Crippen LogP contribution >= 0.6 is 15.9 Å². The molecule has 1 aromatic rings. The Kier molecular flexibility index (Phi) is 1.92. The molecule has 0 radical (unpaired) electrons. The van der Waals surface area contributed by atoms with Crippen LogP contribution in [0.2, 0.25) is 0 Å². The molecule has 1 saturated carbocycles. The molecule has 0 spiro atoms. The number of rotatable bonds is 2. The first-order valence-electron chi connectivity index (χ1n) is 3.90. The number of hydrogen-bond acceptors (Lipinski definition) is 3. The van der Waals surface area contributed by atoms with Gasteiger partial charge in [-0.25, -0.2) is 0 Å². The molecule has 1 heterocycles. The highest BCUT2D eigenvalue weighted by atomic mass is 79.9. The van der Waals surface area contributed by atoms with Crippen LogP contribution < -0.4 is 0 Å². The number of aliphatic hydroxyl groups is 1. The maximum absolute atomic E-state index is 8.89. The van der Waals surface area contributed by atoms with Gasteiger partial charge >= 0.3 is 0 Å². The molecule has 2 unspecified atom stereocenters. The van der Waals surface area contributed by atoms with Crippen LogP contribution in [0.5, 0.6) is 0 Å². The Morgan fingerprint density at radius 3 is 2.92 bits per heavy atom. The van der Waals surface area contributed by atoms with Crippen molar-refractivity contribution in [1.82, 2.24) is 15.0 Å². The highest BCUT2D eigenvalue weighted by Crippen LogP contribution is 2.48. The van der Waals surface area contributed by atoms with Crippen LogP contribution in [0.1, 0.15) is 18.0 Å². The van der Waals surface area contributed by atoms with E-state index in [1.807, 2.05) is 7.05 Å². The highest BCUT2D eigenvalue weighted by Gasteiger charge is 2.41. The summed E-state index contributed by atoms with van der Waals surface area (Å²) < 4.78 is 2.58. The first-order valence-corrected chi connectivity index (χ1v) is 4.69. The predicted octanol–water partition coefficient (Wildman–Crippen LogP) is 0.673. The molecule has 1 aliphatic carbocycles. The van der Waals surface area contributed by atoms with E-state index in [2.05, 4.69) is 26.2 Å². The fourth-order valence-corrected chi connectivity index (χ4v) is 2.14. The van der Waals surface area contributed by atoms with E-state index in [-0.39, 0.29) is 6.61 Å². The van der Waals surface area contributed by atoms with Gasteiger partial charge in [-0.3, -0.25) is 4.68 Å². The van der Waals surface area contributed by atoms with Crippen molar-refractivity contribution >= 4 is 15.9 Å². The standard InChI is InChI=1S/C7H10BrN3O/c1-11-6(7(8)9-10-11)5-2-4(5)3-12/h4-5,12H,2-3H2,1H3. The van der Waals surface area contributed by atoms with Gasteiger partial charge in [0.2, 0.25) is 0 Å². The summed E-state index contributed by atoms with van der Waals surface area (Å²) in [5.74, 6) is 0.864. The molecule has 0 amide bonds. The summed E-state index contributed by atoms with van der Waals surface area (Å²) in [4.78, 5) is 0. The normalized spacial score (nSPS) is 27.6. The zero-order chi connectivity index (χ0) is 8.72. The minimum absolute atomic E-state index is 0.266. The average Bonchev–Trinajstić information content (AvgIpc) is 2.74. The van der Waals surface area contributed by atoms with Crippen molar-refractivity contribution in [2.75, 3.05) is 6.61 Å². The molecular weight excluding hydrogens is 222 g/mol. The van der Waals surface area contributed by atoms with E-state index < -0.39 is 0 Å². The number of nitrogens with zero attached hydrogens (tertiary/aromatic N) is 3. The van der Waals surface area contributed by atoms with Gasteiger partial charge in [-0.05, 0) is 28.3 Å². The van der Waals surface area contributed by atoms with Crippen LogP contribution in [0.15, 0.2) is 4.60 Å². The van der Waals surface area contributed by atoms with Crippen molar-refractivity contribution in [3.8, 4) is 0 Å². The molecule has 0 saturated heterocycles. The molecule has 1 aromatic heterocycles. The van der Waals surface area contributed by atoms with Crippen molar-refractivity contribution < 1.29 is 5.11 Å². The minimum atomic E-state index is 0.266. The number of aromatic nitrogens is 3. The van der Waals surface area contributed by atoms with E-state index in [1.54, 1.807) is 4.68 Å². The van der Waals surface area contributed by atoms with Gasteiger partial charge in [-0.1, -0.05) is 5.21 Å². The first kappa shape index (κ1) is 8.19. The molecular formula is C7H10BrN3O. The molecule has 66 valence electrons. The lowest BCUT2D eigenvalue weighted by atomic mass is 10.2. The SMILES string of the molecule is Cn1nnc(Br)c1C1CC1CO. The molecule has 5 heteroatoms. The van der Waals surface area contributed by atoms with Crippen LogP contribution in [0.4, 0.5) is 0 Å². The third-order valence-electron chi connectivity index (χ3n) is 2.33. The van der Waals surface area contributed by atoms with Gasteiger partial charge in [-0.2, -0.15) is 0 Å². The van der Waals surface area contributed by atoms with Crippen LogP contribution in [-0.2, 0) is 7.05 Å². The summed E-state index contributed by atoms with van der Waals surface area (Å²) >= 11 is 3.34. The predicted molar refractivity (Wildman–Crippen MR) is 46.6 cm³/mol. The van der Waals surface area contributed by atoms with Gasteiger partial charge in [0, 0.05) is 19.6 Å². The summed E-state index contributed by atoms with van der Waals surface area (Å²) in [5.41, 5.74) is 1.11. The Hall–Kier alpha value is -0.420. The molecule has 4 nitrogen and oxygen atoms in total. The van der Waals surface area contributed by atoms with E-state index in [0.717, 1.165) is 16.7 Å². The van der Waals surface area contributed by atoms with Crippen LogP contribution in [0.3, 0.4) is 0 Å². The fraction of sp³-hybridized carbons (Fsp3) is 0.714. The van der Waals surface area contributed by atoms with E-state index in [9.17, 15) is 0 Å². The summed E-state index contributed by atoms with van der Waals surface area (Å²) in [7, 11) is 1.87. The second-order valence-corrected chi connectivity index (χ2v) is 3.93. The summed E-state index contributed by atoms with van der Waals surface area (Å²) in [6.45, 7) is 0.266. The molecule has 2 atom stereocenters. The summed E-state index contributed by atoms with van der Waals surface area (Å²) in [5, 5.41) is 16.7. The molecule has 1 aliphatic rings. The second kappa shape index (κ2) is 2.81. The Balaban J connectivity index is 2.23. The first-order chi connectivity index (χ1) is 5.74. The van der Waals surface area contributed by atoms with Crippen molar-refractivity contribution in [2.24, 2.45) is 13.0 Å². The molecule has 12 heavy (non-hydrogen) atoms. The number of halogens is 1. The second-order valence-electron chi connectivity index (χ2n) is 3.17. The number of hydrogen-bond donors (Lipinski definition) is 1. The third-order valence-corrected chi connectivity index (χ3v) is 2.90. The lowest BCUT2D eigenvalue weighted by molar-refractivity contribution is 0.273. The van der Waals surface area contributed by atoms with Gasteiger partial charge in [-0.15, -0.1) is 5.10 Å². The molecule has 1 fully saturated rings. The van der Waals surface area contributed by atoms with Gasteiger partial charge in [0.25, 0.3) is 0 Å². The topological polar surface area (TPSA) is 50.9 Å². The Morgan fingerprint density at radius 2 is 2.50 bits per heavy atom. The minimum Gasteiger partial charge on any atom is -0.396 e. The monoisotopic (exact) mass is 231 g/mol. The molecule has 0 bridgehead atoms. The average molecular weight is 232 g/mol. The maximum Gasteiger partial charge on any atom is 0.151 e. The van der Waals surface area contributed by atoms with Crippen molar-refractivity contribution in [3.05, 3.63) is 10.3 Å². The zero-order valence-electron chi connectivity index (χ0n) is 6.74. The largest absolute Gasteiger partial charge is 0.396 e. The van der Waals surface area contributed by atoms with Gasteiger partial charge in [0.15, 0.2) is 4.60 Å². The fourth-order valence-electron chi connectivity index (χ4n) is 1.52. The van der Waals surface area contributed by atoms with Crippen LogP contribution in [0, 0.1) is 5.92 Å². The summed E-state index contributed by atoms with van der Waals surface area (Å²) in [6, 6.07) is 0. The van der Waals surface area contributed by atoms with Gasteiger partial charge in [0.05, 0.1) is 5.69 Å². The summed E-state index contributed by atoms with van der Waals surface area (Å²) in [6.07, 6.45) is 1.05. The molecule has 2 rings (SSSR count). The Morgan fingerprint density at radius 1 is 1.75 bits per heavy atom. The lowest BCUT2D eigenvalue weighted by Gasteiger charge is -1.97. The Labute approximate surface area is 78.7 Å². The lowest BCUT2D eigenvalue weighted by Crippen LogP contribution is -1.99. The number of aryl methyl sites for hydroxylation is 1. The van der Waals surface area contributed by atoms with Crippen molar-refractivity contribution in [3.63, 3.8) is 0 Å². The van der Waals surface area contributed by atoms with E-state index in [4.69, 9.17) is 5.11 Å². The highest BCUT2D eigenvalue weighted by molar-refractivity contribution is 9.10. The number of aliphatic hydroxyl groups excluding tert-OH is 1. The van der Waals surface area contributed by atoms with Gasteiger partial charge < -0.3 is 5.11 Å². The third kappa shape index (κ3) is 1.17. The van der Waals surface area contributed by atoms with Crippen LogP contribution in [0.25, 0.3) is 0 Å². The van der Waals surface area contributed by atoms with Crippen molar-refractivity contribution in [2.45, 2.75) is 12.3 Å². The maximum atomic E-state index is 8.89. The molecule has 1 N–H and O–H groups in total. The van der Waals surface area contributed by atoms with Gasteiger partial charge in [0.1, 0.15) is 0 Å². The Bertz CT molecular complexity index is 279.